The zero-order chi connectivity index (χ0) is 17.1. The van der Waals surface area contributed by atoms with E-state index in [1.807, 2.05) is 12.1 Å². The van der Waals surface area contributed by atoms with Crippen molar-refractivity contribution in [3.05, 3.63) is 34.9 Å². The van der Waals surface area contributed by atoms with E-state index >= 15 is 0 Å². The Kier molecular flexibility index (Phi) is 4.63. The maximum Gasteiger partial charge on any atom is 0.255 e. The van der Waals surface area contributed by atoms with Crippen LogP contribution in [0.3, 0.4) is 0 Å². The molecule has 0 spiro atoms. The molecule has 0 saturated carbocycles. The minimum Gasteiger partial charge on any atom is -0.330 e. The van der Waals surface area contributed by atoms with Crippen LogP contribution in [-0.4, -0.2) is 35.2 Å². The van der Waals surface area contributed by atoms with Gasteiger partial charge in [0.2, 0.25) is 11.8 Å². The quantitative estimate of drug-likeness (QED) is 0.482. The molecule has 3 amide bonds. The number of hydrogen-bond acceptors (Lipinski definition) is 4. The Bertz CT molecular complexity index is 761. The molecule has 1 atom stereocenters. The monoisotopic (exact) mass is 325 g/mol. The lowest BCUT2D eigenvalue weighted by molar-refractivity contribution is -0.136. The Morgan fingerprint density at radius 2 is 2.12 bits per heavy atom. The topological polar surface area (TPSA) is 92.5 Å². The Hall–Kier alpha value is -2.65. The number of imide groups is 1. The molecule has 3 rings (SSSR count). The molecule has 24 heavy (non-hydrogen) atoms. The van der Waals surface area contributed by atoms with E-state index in [1.54, 1.807) is 6.07 Å². The third kappa shape index (κ3) is 3.17. The molecule has 0 bridgehead atoms. The smallest absolute Gasteiger partial charge is 0.255 e. The first-order chi connectivity index (χ1) is 11.6. The third-order valence-electron chi connectivity index (χ3n) is 4.27. The maximum atomic E-state index is 12.6. The van der Waals surface area contributed by atoms with Crippen LogP contribution in [0.1, 0.15) is 47.2 Å². The second-order valence-corrected chi connectivity index (χ2v) is 5.97. The molecule has 1 saturated heterocycles. The highest BCUT2D eigenvalue weighted by Gasteiger charge is 2.38. The van der Waals surface area contributed by atoms with Crippen LogP contribution in [0.5, 0.6) is 0 Å². The molecule has 2 aliphatic rings. The van der Waals surface area contributed by atoms with Gasteiger partial charge in [-0.3, -0.25) is 19.7 Å². The SMILES string of the molecule is NCCCC#Cc1ccc2c(c1)C(=O)N(C1CCC(=O)NC1=O)C2. The lowest BCUT2D eigenvalue weighted by Crippen LogP contribution is -2.52. The highest BCUT2D eigenvalue weighted by Crippen LogP contribution is 2.28. The van der Waals surface area contributed by atoms with Crippen LogP contribution in [0.15, 0.2) is 18.2 Å². The predicted molar refractivity (Wildman–Crippen MR) is 87.7 cm³/mol. The number of unbranched alkanes of at least 4 members (excludes halogenated alkanes) is 1. The van der Waals surface area contributed by atoms with Crippen molar-refractivity contribution in [1.82, 2.24) is 10.2 Å². The van der Waals surface area contributed by atoms with E-state index in [9.17, 15) is 14.4 Å². The van der Waals surface area contributed by atoms with Crippen molar-refractivity contribution in [1.29, 1.82) is 0 Å². The molecule has 1 aromatic carbocycles. The standard InChI is InChI=1S/C18H19N3O3/c19-9-3-1-2-4-12-5-6-13-11-21(18(24)14(13)10-12)15-7-8-16(22)20-17(15)23/h5-6,10,15H,1,3,7-9,11,19H2,(H,20,22,23). The summed E-state index contributed by atoms with van der Waals surface area (Å²) in [5.74, 6) is 5.22. The van der Waals surface area contributed by atoms with Gasteiger partial charge in [-0.15, -0.1) is 0 Å². The highest BCUT2D eigenvalue weighted by atomic mass is 16.2. The van der Waals surface area contributed by atoms with E-state index in [1.165, 1.54) is 4.90 Å². The van der Waals surface area contributed by atoms with Gasteiger partial charge in [0, 0.05) is 30.5 Å². The molecular formula is C18H19N3O3. The number of carbonyl (C=O) groups excluding carboxylic acids is 3. The molecule has 3 N–H and O–H groups in total. The summed E-state index contributed by atoms with van der Waals surface area (Å²) in [4.78, 5) is 37.5. The number of nitrogens with one attached hydrogen (secondary N) is 1. The number of benzene rings is 1. The average molecular weight is 325 g/mol. The van der Waals surface area contributed by atoms with E-state index < -0.39 is 11.9 Å². The van der Waals surface area contributed by atoms with Crippen LogP contribution in [0.4, 0.5) is 0 Å². The van der Waals surface area contributed by atoms with Gasteiger partial charge in [-0.2, -0.15) is 0 Å². The lowest BCUT2D eigenvalue weighted by atomic mass is 10.0. The normalized spacial score (nSPS) is 19.6. The van der Waals surface area contributed by atoms with Crippen LogP contribution in [0.2, 0.25) is 0 Å². The van der Waals surface area contributed by atoms with Crippen molar-refractivity contribution in [3.63, 3.8) is 0 Å². The molecule has 1 fully saturated rings. The van der Waals surface area contributed by atoms with Crippen molar-refractivity contribution < 1.29 is 14.4 Å². The first kappa shape index (κ1) is 16.2. The van der Waals surface area contributed by atoms with Crippen LogP contribution in [-0.2, 0) is 16.1 Å². The molecule has 1 unspecified atom stereocenters. The fourth-order valence-electron chi connectivity index (χ4n) is 2.99. The second-order valence-electron chi connectivity index (χ2n) is 5.97. The summed E-state index contributed by atoms with van der Waals surface area (Å²) in [7, 11) is 0. The fraction of sp³-hybridized carbons (Fsp3) is 0.389. The minimum atomic E-state index is -0.582. The fourth-order valence-corrected chi connectivity index (χ4v) is 2.99. The van der Waals surface area contributed by atoms with Crippen molar-refractivity contribution in [3.8, 4) is 11.8 Å². The number of rotatable bonds is 3. The number of nitrogens with zero attached hydrogens (tertiary/aromatic N) is 1. The lowest BCUT2D eigenvalue weighted by Gasteiger charge is -2.29. The first-order valence-electron chi connectivity index (χ1n) is 8.06. The highest BCUT2D eigenvalue weighted by molar-refractivity contribution is 6.05. The van der Waals surface area contributed by atoms with Crippen molar-refractivity contribution in [2.24, 2.45) is 5.73 Å². The van der Waals surface area contributed by atoms with Gasteiger partial charge in [-0.05, 0) is 37.1 Å². The molecule has 2 aliphatic heterocycles. The van der Waals surface area contributed by atoms with E-state index in [-0.39, 0.29) is 18.2 Å². The third-order valence-corrected chi connectivity index (χ3v) is 4.27. The summed E-state index contributed by atoms with van der Waals surface area (Å²) in [6.45, 7) is 1.000. The predicted octanol–water partition coefficient (Wildman–Crippen LogP) is 0.538. The number of nitrogens with two attached hydrogens (primary N) is 1. The van der Waals surface area contributed by atoms with Gasteiger partial charge in [0.05, 0.1) is 0 Å². The molecule has 6 nitrogen and oxygen atoms in total. The summed E-state index contributed by atoms with van der Waals surface area (Å²) < 4.78 is 0. The number of hydrogen-bond donors (Lipinski definition) is 2. The average Bonchev–Trinajstić information content (AvgIpc) is 2.88. The zero-order valence-corrected chi connectivity index (χ0v) is 13.3. The molecular weight excluding hydrogens is 306 g/mol. The Balaban J connectivity index is 1.76. The van der Waals surface area contributed by atoms with Gasteiger partial charge in [-0.1, -0.05) is 17.9 Å². The molecule has 2 heterocycles. The van der Waals surface area contributed by atoms with Crippen molar-refractivity contribution in [2.45, 2.75) is 38.3 Å². The molecule has 0 radical (unpaired) electrons. The molecule has 0 aromatic heterocycles. The molecule has 6 heteroatoms. The van der Waals surface area contributed by atoms with Gasteiger partial charge in [0.1, 0.15) is 6.04 Å². The first-order valence-corrected chi connectivity index (χ1v) is 8.06. The van der Waals surface area contributed by atoms with E-state index in [0.29, 0.717) is 25.1 Å². The van der Waals surface area contributed by atoms with Crippen LogP contribution < -0.4 is 11.1 Å². The maximum absolute atomic E-state index is 12.6. The summed E-state index contributed by atoms with van der Waals surface area (Å²) in [6, 6.07) is 4.96. The molecule has 124 valence electrons. The van der Waals surface area contributed by atoms with E-state index in [4.69, 9.17) is 5.73 Å². The van der Waals surface area contributed by atoms with Gasteiger partial charge in [-0.25, -0.2) is 0 Å². The summed E-state index contributed by atoms with van der Waals surface area (Å²) in [6.07, 6.45) is 2.20. The number of fused-ring (bicyclic) bond motifs is 1. The number of carbonyl (C=O) groups is 3. The largest absolute Gasteiger partial charge is 0.330 e. The van der Waals surface area contributed by atoms with E-state index in [0.717, 1.165) is 24.0 Å². The Morgan fingerprint density at radius 1 is 1.29 bits per heavy atom. The number of piperidine rings is 1. The summed E-state index contributed by atoms with van der Waals surface area (Å²) in [5.41, 5.74) is 7.69. The summed E-state index contributed by atoms with van der Waals surface area (Å²) >= 11 is 0. The molecule has 1 aromatic rings. The van der Waals surface area contributed by atoms with Gasteiger partial charge >= 0.3 is 0 Å². The van der Waals surface area contributed by atoms with Gasteiger partial charge < -0.3 is 10.6 Å². The zero-order valence-electron chi connectivity index (χ0n) is 13.3. The van der Waals surface area contributed by atoms with Crippen LogP contribution >= 0.6 is 0 Å². The van der Waals surface area contributed by atoms with Crippen LogP contribution in [0.25, 0.3) is 0 Å². The van der Waals surface area contributed by atoms with Gasteiger partial charge in [0.15, 0.2) is 0 Å². The second kappa shape index (κ2) is 6.85. The van der Waals surface area contributed by atoms with Crippen LogP contribution in [0, 0.1) is 11.8 Å². The molecule has 0 aliphatic carbocycles. The van der Waals surface area contributed by atoms with Crippen molar-refractivity contribution >= 4 is 17.7 Å². The minimum absolute atomic E-state index is 0.176. The van der Waals surface area contributed by atoms with Gasteiger partial charge in [0.25, 0.3) is 5.91 Å². The van der Waals surface area contributed by atoms with E-state index in [2.05, 4.69) is 17.2 Å². The Labute approximate surface area is 140 Å². The van der Waals surface area contributed by atoms with Crippen molar-refractivity contribution in [2.75, 3.05) is 6.54 Å². The number of amides is 3. The summed E-state index contributed by atoms with van der Waals surface area (Å²) in [5, 5.41) is 2.30. The Morgan fingerprint density at radius 3 is 2.88 bits per heavy atom.